The monoisotopic (exact) mass is 222 g/mol. The van der Waals surface area contributed by atoms with Gasteiger partial charge in [0.2, 0.25) is 0 Å². The van der Waals surface area contributed by atoms with E-state index in [0.29, 0.717) is 12.3 Å². The second-order valence-corrected chi connectivity index (χ2v) is 3.80. The van der Waals surface area contributed by atoms with Crippen molar-refractivity contribution in [1.29, 1.82) is 0 Å². The van der Waals surface area contributed by atoms with Crippen LogP contribution < -0.4 is 15.5 Å². The van der Waals surface area contributed by atoms with E-state index in [0.717, 1.165) is 37.4 Å². The number of benzene rings is 1. The molecule has 0 aromatic heterocycles. The van der Waals surface area contributed by atoms with Gasteiger partial charge in [-0.25, -0.2) is 0 Å². The molecule has 0 atom stereocenters. The van der Waals surface area contributed by atoms with Crippen molar-refractivity contribution < 1.29 is 9.57 Å². The first kappa shape index (κ1) is 11.1. The Hall–Kier alpha value is -1.42. The van der Waals surface area contributed by atoms with Gasteiger partial charge in [0.25, 0.3) is 0 Å². The molecule has 0 aliphatic carbocycles. The molecule has 0 bridgehead atoms. The van der Waals surface area contributed by atoms with E-state index in [-0.39, 0.29) is 0 Å². The van der Waals surface area contributed by atoms with Gasteiger partial charge in [0, 0.05) is 12.6 Å². The fourth-order valence-corrected chi connectivity index (χ4v) is 1.76. The van der Waals surface area contributed by atoms with Gasteiger partial charge in [-0.3, -0.25) is 9.90 Å². The highest BCUT2D eigenvalue weighted by molar-refractivity contribution is 5.61. The Balaban J connectivity index is 2.17. The van der Waals surface area contributed by atoms with E-state index in [9.17, 15) is 0 Å². The Labute approximate surface area is 95.9 Å². The van der Waals surface area contributed by atoms with Crippen LogP contribution in [-0.4, -0.2) is 19.8 Å². The summed E-state index contributed by atoms with van der Waals surface area (Å²) in [6.07, 6.45) is 2.29. The predicted octanol–water partition coefficient (Wildman–Crippen LogP) is 2.20. The van der Waals surface area contributed by atoms with Crippen LogP contribution in [0.3, 0.4) is 0 Å². The van der Waals surface area contributed by atoms with E-state index in [1.54, 1.807) is 0 Å². The summed E-state index contributed by atoms with van der Waals surface area (Å²) in [5.74, 6) is 0.731. The van der Waals surface area contributed by atoms with Gasteiger partial charge in [-0.15, -0.1) is 0 Å². The van der Waals surface area contributed by atoms with Crippen LogP contribution in [0.2, 0.25) is 0 Å². The summed E-state index contributed by atoms with van der Waals surface area (Å²) >= 11 is 0. The first-order chi connectivity index (χ1) is 7.81. The van der Waals surface area contributed by atoms with E-state index < -0.39 is 0 Å². The van der Waals surface area contributed by atoms with E-state index in [1.807, 2.05) is 30.2 Å². The minimum absolute atomic E-state index is 0.620. The Kier molecular flexibility index (Phi) is 3.51. The van der Waals surface area contributed by atoms with Gasteiger partial charge in [0.05, 0.1) is 24.6 Å². The van der Waals surface area contributed by atoms with Crippen molar-refractivity contribution in [3.63, 3.8) is 0 Å². The molecule has 1 fully saturated rings. The van der Waals surface area contributed by atoms with Gasteiger partial charge in [-0.1, -0.05) is 0 Å². The van der Waals surface area contributed by atoms with E-state index in [4.69, 9.17) is 15.3 Å². The van der Waals surface area contributed by atoms with Gasteiger partial charge in [-0.2, -0.15) is 0 Å². The number of ether oxygens (including phenoxy) is 1. The average Bonchev–Trinajstić information content (AvgIpc) is 2.33. The summed E-state index contributed by atoms with van der Waals surface area (Å²) in [5, 5.41) is 1.91. The number of nitrogen functional groups attached to an aromatic ring is 1. The molecule has 0 saturated carbocycles. The third kappa shape index (κ3) is 2.39. The molecule has 2 rings (SSSR count). The topological polar surface area (TPSA) is 47.7 Å². The molecule has 0 radical (unpaired) electrons. The Morgan fingerprint density at radius 1 is 1.44 bits per heavy atom. The lowest BCUT2D eigenvalue weighted by atomic mass is 10.2. The summed E-state index contributed by atoms with van der Waals surface area (Å²) in [6.45, 7) is 4.28. The fourth-order valence-electron chi connectivity index (χ4n) is 1.76. The van der Waals surface area contributed by atoms with Crippen LogP contribution in [0.1, 0.15) is 19.8 Å². The molecule has 1 saturated heterocycles. The molecule has 4 nitrogen and oxygen atoms in total. The summed E-state index contributed by atoms with van der Waals surface area (Å²) < 4.78 is 5.46. The zero-order valence-electron chi connectivity index (χ0n) is 9.61. The average molecular weight is 222 g/mol. The summed E-state index contributed by atoms with van der Waals surface area (Å²) in [5.41, 5.74) is 7.50. The fraction of sp³-hybridized carbons (Fsp3) is 0.500. The lowest BCUT2D eigenvalue weighted by Crippen LogP contribution is -2.29. The largest absolute Gasteiger partial charge is 0.492 e. The molecule has 1 aliphatic heterocycles. The Morgan fingerprint density at radius 2 is 2.31 bits per heavy atom. The zero-order valence-corrected chi connectivity index (χ0v) is 9.61. The lowest BCUT2D eigenvalue weighted by Gasteiger charge is -2.28. The van der Waals surface area contributed by atoms with Crippen LogP contribution in [0.25, 0.3) is 0 Å². The summed E-state index contributed by atoms with van der Waals surface area (Å²) in [6, 6.07) is 5.76. The van der Waals surface area contributed by atoms with Crippen molar-refractivity contribution in [3.8, 4) is 5.75 Å². The zero-order chi connectivity index (χ0) is 11.4. The number of hydrogen-bond acceptors (Lipinski definition) is 4. The molecule has 4 heteroatoms. The third-order valence-corrected chi connectivity index (χ3v) is 2.59. The first-order valence-corrected chi connectivity index (χ1v) is 5.74. The highest BCUT2D eigenvalue weighted by Gasteiger charge is 2.13. The molecule has 1 aromatic carbocycles. The second kappa shape index (κ2) is 5.07. The van der Waals surface area contributed by atoms with Crippen LogP contribution in [0.4, 0.5) is 11.4 Å². The van der Waals surface area contributed by atoms with Crippen LogP contribution >= 0.6 is 0 Å². The molecular weight excluding hydrogens is 204 g/mol. The number of nitrogens with two attached hydrogens (primary N) is 1. The first-order valence-electron chi connectivity index (χ1n) is 5.74. The number of hydrogen-bond donors (Lipinski definition) is 1. The maximum Gasteiger partial charge on any atom is 0.144 e. The van der Waals surface area contributed by atoms with Crippen molar-refractivity contribution in [3.05, 3.63) is 18.2 Å². The molecule has 1 aromatic rings. The number of nitrogens with zero attached hydrogens (tertiary/aromatic N) is 1. The van der Waals surface area contributed by atoms with Crippen molar-refractivity contribution in [2.24, 2.45) is 0 Å². The minimum atomic E-state index is 0.620. The number of hydroxylamine groups is 1. The SMILES string of the molecule is CCOc1cc(N2CCCCO2)ccc1N. The van der Waals surface area contributed by atoms with Gasteiger partial charge in [-0.05, 0) is 31.9 Å². The van der Waals surface area contributed by atoms with Gasteiger partial charge in [0.15, 0.2) is 0 Å². The molecule has 2 N–H and O–H groups in total. The van der Waals surface area contributed by atoms with Crippen molar-refractivity contribution >= 4 is 11.4 Å². The Bertz CT molecular complexity index is 349. The third-order valence-electron chi connectivity index (χ3n) is 2.59. The summed E-state index contributed by atoms with van der Waals surface area (Å²) in [4.78, 5) is 5.57. The van der Waals surface area contributed by atoms with Gasteiger partial charge >= 0.3 is 0 Å². The van der Waals surface area contributed by atoms with Gasteiger partial charge < -0.3 is 10.5 Å². The predicted molar refractivity (Wildman–Crippen MR) is 64.6 cm³/mol. The molecule has 1 heterocycles. The van der Waals surface area contributed by atoms with Gasteiger partial charge in [0.1, 0.15) is 5.75 Å². The molecule has 0 amide bonds. The highest BCUT2D eigenvalue weighted by Crippen LogP contribution is 2.29. The van der Waals surface area contributed by atoms with E-state index in [2.05, 4.69) is 0 Å². The molecule has 1 aliphatic rings. The standard InChI is InChI=1S/C12H18N2O2/c1-2-15-12-9-10(5-6-11(12)13)14-7-3-4-8-16-14/h5-6,9H,2-4,7-8,13H2,1H3. The highest BCUT2D eigenvalue weighted by atomic mass is 16.7. The number of anilines is 2. The smallest absolute Gasteiger partial charge is 0.144 e. The molecule has 88 valence electrons. The quantitative estimate of drug-likeness (QED) is 0.796. The van der Waals surface area contributed by atoms with Crippen molar-refractivity contribution in [1.82, 2.24) is 0 Å². The molecule has 0 unspecified atom stereocenters. The molecular formula is C12H18N2O2. The maximum absolute atomic E-state index is 5.82. The van der Waals surface area contributed by atoms with Crippen LogP contribution in [0, 0.1) is 0 Å². The Morgan fingerprint density at radius 3 is 3.00 bits per heavy atom. The van der Waals surface area contributed by atoms with Crippen LogP contribution in [0.5, 0.6) is 5.75 Å². The van der Waals surface area contributed by atoms with Crippen LogP contribution in [0.15, 0.2) is 18.2 Å². The van der Waals surface area contributed by atoms with Crippen molar-refractivity contribution in [2.45, 2.75) is 19.8 Å². The number of rotatable bonds is 3. The van der Waals surface area contributed by atoms with Crippen molar-refractivity contribution in [2.75, 3.05) is 30.6 Å². The van der Waals surface area contributed by atoms with E-state index >= 15 is 0 Å². The second-order valence-electron chi connectivity index (χ2n) is 3.80. The van der Waals surface area contributed by atoms with Crippen LogP contribution in [-0.2, 0) is 4.84 Å². The normalized spacial score (nSPS) is 16.2. The summed E-state index contributed by atoms with van der Waals surface area (Å²) in [7, 11) is 0. The molecule has 16 heavy (non-hydrogen) atoms. The maximum atomic E-state index is 5.82. The minimum Gasteiger partial charge on any atom is -0.492 e. The van der Waals surface area contributed by atoms with E-state index in [1.165, 1.54) is 0 Å². The lowest BCUT2D eigenvalue weighted by molar-refractivity contribution is 0.0777. The molecule has 0 spiro atoms.